The maximum Gasteiger partial charge on any atom is 1.00 e. The number of benzene rings is 4. The second kappa shape index (κ2) is 15.2. The molecule has 1 N–H and O–H groups in total. The van der Waals surface area contributed by atoms with Crippen molar-refractivity contribution in [3.63, 3.8) is 0 Å². The molecule has 0 fully saturated rings. The largest absolute Gasteiger partial charge is 1.00 e. The van der Waals surface area contributed by atoms with Crippen molar-refractivity contribution in [2.45, 2.75) is 38.5 Å². The van der Waals surface area contributed by atoms with Crippen LogP contribution in [-0.4, -0.2) is 36.3 Å². The van der Waals surface area contributed by atoms with Gasteiger partial charge in [-0.3, -0.25) is 4.79 Å². The average Bonchev–Trinajstić information content (AvgIpc) is 3.53. The maximum absolute atomic E-state index is 12.5. The topological polar surface area (TPSA) is 136 Å². The minimum Gasteiger partial charge on any atom is -0.748 e. The number of nitrogens with zero attached hydrogens (tertiary/aromatic N) is 2. The van der Waals surface area contributed by atoms with E-state index in [0.717, 1.165) is 33.5 Å². The van der Waals surface area contributed by atoms with Gasteiger partial charge in [-0.15, -0.1) is 0 Å². The van der Waals surface area contributed by atoms with Crippen LogP contribution in [0.15, 0.2) is 108 Å². The zero-order valence-corrected chi connectivity index (χ0v) is 29.7. The van der Waals surface area contributed by atoms with Crippen LogP contribution in [0, 0.1) is 11.3 Å². The van der Waals surface area contributed by atoms with E-state index in [-0.39, 0.29) is 47.4 Å². The minimum absolute atomic E-state index is 0. The van der Waals surface area contributed by atoms with Gasteiger partial charge >= 0.3 is 29.6 Å². The molecule has 1 aromatic heterocycles. The Balaban J connectivity index is 0.00000500. The molecule has 10 heteroatoms. The number of nitrogens with one attached hydrogen (secondary N) is 1. The molecular formula is C37H34N3NaO5S. The van der Waals surface area contributed by atoms with Crippen molar-refractivity contribution in [2.75, 3.05) is 12.3 Å². The van der Waals surface area contributed by atoms with Crippen LogP contribution in [0.2, 0.25) is 0 Å². The van der Waals surface area contributed by atoms with Gasteiger partial charge in [-0.25, -0.2) is 8.42 Å². The number of hydrogen-bond donors (Lipinski definition) is 1. The third-order valence-electron chi connectivity index (χ3n) is 7.85. The number of carbonyl (C=O) groups is 1. The van der Waals surface area contributed by atoms with Gasteiger partial charge in [0.1, 0.15) is 0 Å². The van der Waals surface area contributed by atoms with Crippen LogP contribution in [0.4, 0.5) is 0 Å². The summed E-state index contributed by atoms with van der Waals surface area (Å²) in [6.45, 7) is 6.27. The second-order valence-corrected chi connectivity index (χ2v) is 13.8. The fourth-order valence-corrected chi connectivity index (χ4v) is 5.56. The monoisotopic (exact) mass is 655 g/mol. The van der Waals surface area contributed by atoms with E-state index in [9.17, 15) is 17.8 Å². The molecule has 0 aliphatic carbocycles. The minimum atomic E-state index is -4.41. The molecule has 0 saturated carbocycles. The summed E-state index contributed by atoms with van der Waals surface area (Å²) in [5, 5.41) is 16.1. The number of aromatic nitrogens is 1. The summed E-state index contributed by atoms with van der Waals surface area (Å²) < 4.78 is 38.4. The molecule has 4 aromatic carbocycles. The summed E-state index contributed by atoms with van der Waals surface area (Å²) in [7, 11) is -4.41. The third kappa shape index (κ3) is 9.50. The summed E-state index contributed by atoms with van der Waals surface area (Å²) in [5.41, 5.74) is 7.86. The van der Waals surface area contributed by atoms with Crippen LogP contribution >= 0.6 is 0 Å². The van der Waals surface area contributed by atoms with E-state index in [1.54, 1.807) is 24.3 Å². The predicted molar refractivity (Wildman–Crippen MR) is 176 cm³/mol. The quantitative estimate of drug-likeness (QED) is 0.178. The molecule has 0 aliphatic rings. The molecule has 0 spiro atoms. The number of rotatable bonds is 10. The van der Waals surface area contributed by atoms with Crippen molar-refractivity contribution < 1.29 is 51.8 Å². The Bertz CT molecular complexity index is 1970. The average molecular weight is 656 g/mol. The van der Waals surface area contributed by atoms with Gasteiger partial charge in [0.2, 0.25) is 0 Å². The molecule has 0 saturated heterocycles. The molecule has 47 heavy (non-hydrogen) atoms. The van der Waals surface area contributed by atoms with E-state index in [4.69, 9.17) is 9.78 Å². The third-order valence-corrected chi connectivity index (χ3v) is 8.56. The Hall–Kier alpha value is -4.04. The summed E-state index contributed by atoms with van der Waals surface area (Å²) in [6, 6.07) is 35.1. The first kappa shape index (κ1) is 35.8. The van der Waals surface area contributed by atoms with Gasteiger partial charge in [-0.2, -0.15) is 5.26 Å². The van der Waals surface area contributed by atoms with Crippen LogP contribution in [0.25, 0.3) is 22.5 Å². The van der Waals surface area contributed by atoms with E-state index in [0.29, 0.717) is 23.3 Å². The Morgan fingerprint density at radius 1 is 0.915 bits per heavy atom. The molecule has 5 aromatic rings. The van der Waals surface area contributed by atoms with Gasteiger partial charge in [0.05, 0.1) is 33.2 Å². The Morgan fingerprint density at radius 3 is 2.19 bits per heavy atom. The zero-order chi connectivity index (χ0) is 32.9. The van der Waals surface area contributed by atoms with Crippen molar-refractivity contribution in [2.24, 2.45) is 0 Å². The van der Waals surface area contributed by atoms with Crippen molar-refractivity contribution in [1.29, 1.82) is 5.26 Å². The van der Waals surface area contributed by atoms with Crippen molar-refractivity contribution >= 4 is 16.0 Å². The molecular weight excluding hydrogens is 621 g/mol. The number of amides is 1. The van der Waals surface area contributed by atoms with Crippen molar-refractivity contribution in [3.05, 3.63) is 137 Å². The van der Waals surface area contributed by atoms with Gasteiger partial charge in [0, 0.05) is 29.7 Å². The molecule has 1 amide bonds. The van der Waals surface area contributed by atoms with Gasteiger partial charge in [0.25, 0.3) is 5.91 Å². The van der Waals surface area contributed by atoms with Gasteiger partial charge in [-0.1, -0.05) is 92.7 Å². The summed E-state index contributed by atoms with van der Waals surface area (Å²) >= 11 is 0. The first-order valence-corrected chi connectivity index (χ1v) is 16.5. The van der Waals surface area contributed by atoms with Crippen LogP contribution in [0.1, 0.15) is 65.0 Å². The van der Waals surface area contributed by atoms with Crippen molar-refractivity contribution in [3.8, 4) is 28.5 Å². The first-order chi connectivity index (χ1) is 21.9. The standard InChI is InChI=1S/C37H35N3O5S.Na/c1-37(2,3)32-17-15-28(16-18-32)33(21-25-7-13-29(14-8-25)36(41)39-19-20-46(42,43)44)34-23-35(45-40-34)31-6-4-5-30(22-31)27-11-9-26(24-38)10-12-27;/h4-18,22-23,33H,19-21H2,1-3H3,(H,39,41)(H,42,43,44);/q;+1/p-1. The van der Waals surface area contributed by atoms with Crippen LogP contribution < -0.4 is 34.9 Å². The second-order valence-electron chi connectivity index (χ2n) is 12.2. The molecule has 8 nitrogen and oxygen atoms in total. The Morgan fingerprint density at radius 2 is 1.57 bits per heavy atom. The fraction of sp³-hybridized carbons (Fsp3) is 0.216. The maximum atomic E-state index is 12.5. The van der Waals surface area contributed by atoms with E-state index < -0.39 is 21.8 Å². The fourth-order valence-electron chi connectivity index (χ4n) is 5.21. The van der Waals surface area contributed by atoms with Crippen LogP contribution in [0.3, 0.4) is 0 Å². The molecule has 0 aliphatic heterocycles. The molecule has 1 heterocycles. The number of carbonyl (C=O) groups excluding carboxylic acids is 1. The van der Waals surface area contributed by atoms with E-state index in [1.807, 2.05) is 54.6 Å². The van der Waals surface area contributed by atoms with Crippen LogP contribution in [-0.2, 0) is 22.0 Å². The molecule has 0 radical (unpaired) electrons. The van der Waals surface area contributed by atoms with Crippen LogP contribution in [0.5, 0.6) is 0 Å². The van der Waals surface area contributed by atoms with E-state index in [2.05, 4.69) is 61.6 Å². The number of nitriles is 1. The Labute approximate surface area is 297 Å². The van der Waals surface area contributed by atoms with E-state index in [1.165, 1.54) is 5.56 Å². The SMILES string of the molecule is CC(C)(C)c1ccc(C(Cc2ccc(C(=O)NCCS(=O)(=O)[O-])cc2)c2cc(-c3cccc(-c4ccc(C#N)cc4)c3)on2)cc1.[Na+]. The normalized spacial score (nSPS) is 12.1. The summed E-state index contributed by atoms with van der Waals surface area (Å²) in [4.78, 5) is 12.5. The predicted octanol–water partition coefficient (Wildman–Crippen LogP) is 3.83. The Kier molecular flexibility index (Phi) is 11.6. The number of hydrogen-bond acceptors (Lipinski definition) is 7. The van der Waals surface area contributed by atoms with Gasteiger partial charge < -0.3 is 14.4 Å². The molecule has 5 rings (SSSR count). The van der Waals surface area contributed by atoms with Gasteiger partial charge in [0.15, 0.2) is 5.76 Å². The zero-order valence-electron chi connectivity index (χ0n) is 26.9. The first-order valence-electron chi connectivity index (χ1n) is 14.9. The van der Waals surface area contributed by atoms with Crippen molar-refractivity contribution in [1.82, 2.24) is 10.5 Å². The van der Waals surface area contributed by atoms with E-state index >= 15 is 0 Å². The molecule has 1 atom stereocenters. The molecule has 234 valence electrons. The molecule has 1 unspecified atom stereocenters. The smallest absolute Gasteiger partial charge is 0.748 e. The summed E-state index contributed by atoms with van der Waals surface area (Å²) in [5.74, 6) is -0.621. The molecule has 0 bridgehead atoms. The van der Waals surface area contributed by atoms with Gasteiger partial charge in [-0.05, 0) is 70.0 Å². The summed E-state index contributed by atoms with van der Waals surface area (Å²) in [6.07, 6.45) is 0.586.